The molecule has 0 bridgehead atoms. The maximum absolute atomic E-state index is 13.5. The number of benzene rings is 2. The molecule has 0 radical (unpaired) electrons. The molecule has 0 unspecified atom stereocenters. The average Bonchev–Trinajstić information content (AvgIpc) is 2.65. The second-order valence-electron chi connectivity index (χ2n) is 5.96. The smallest absolute Gasteiger partial charge is 0.271 e. The highest BCUT2D eigenvalue weighted by Gasteiger charge is 2.14. The highest BCUT2D eigenvalue weighted by molar-refractivity contribution is 5.94. The molecule has 2 aromatic rings. The van der Waals surface area contributed by atoms with E-state index in [0.29, 0.717) is 11.1 Å². The van der Waals surface area contributed by atoms with Crippen LogP contribution in [-0.4, -0.2) is 38.4 Å². The van der Waals surface area contributed by atoms with Crippen LogP contribution >= 0.6 is 0 Å². The molecular formula is C19H21FN3O2+. The van der Waals surface area contributed by atoms with E-state index in [9.17, 15) is 9.18 Å². The van der Waals surface area contributed by atoms with Gasteiger partial charge in [-0.2, -0.15) is 5.10 Å². The van der Waals surface area contributed by atoms with Crippen molar-refractivity contribution in [3.63, 3.8) is 0 Å². The molecule has 1 fully saturated rings. The first-order chi connectivity index (χ1) is 12.2. The van der Waals surface area contributed by atoms with Gasteiger partial charge in [0, 0.05) is 16.7 Å². The summed E-state index contributed by atoms with van der Waals surface area (Å²) in [7, 11) is 0. The lowest BCUT2D eigenvalue weighted by atomic mass is 10.1. The number of nitrogens with one attached hydrogen (secondary N) is 2. The van der Waals surface area contributed by atoms with Gasteiger partial charge < -0.3 is 9.64 Å². The summed E-state index contributed by atoms with van der Waals surface area (Å²) >= 11 is 0. The monoisotopic (exact) mass is 342 g/mol. The molecule has 2 aromatic carbocycles. The Balaban J connectivity index is 1.54. The molecule has 2 N–H and O–H groups in total. The lowest BCUT2D eigenvalue weighted by Crippen LogP contribution is -3.12. The number of carbonyl (C=O) groups is 1. The number of quaternary nitrogens is 1. The summed E-state index contributed by atoms with van der Waals surface area (Å²) in [5.74, 6) is -0.701. The van der Waals surface area contributed by atoms with Crippen LogP contribution in [0.3, 0.4) is 0 Å². The van der Waals surface area contributed by atoms with E-state index in [1.54, 1.807) is 30.3 Å². The van der Waals surface area contributed by atoms with Crippen molar-refractivity contribution in [3.8, 4) is 0 Å². The van der Waals surface area contributed by atoms with Crippen LogP contribution in [0.15, 0.2) is 53.6 Å². The zero-order valence-corrected chi connectivity index (χ0v) is 13.9. The molecular weight excluding hydrogens is 321 g/mol. The maximum atomic E-state index is 13.5. The third-order valence-electron chi connectivity index (χ3n) is 4.15. The number of amides is 1. The van der Waals surface area contributed by atoms with E-state index in [1.165, 1.54) is 22.7 Å². The largest absolute Gasteiger partial charge is 0.370 e. The summed E-state index contributed by atoms with van der Waals surface area (Å²) in [5.41, 5.74) is 4.45. The summed E-state index contributed by atoms with van der Waals surface area (Å²) in [6.07, 6.45) is 1.30. The van der Waals surface area contributed by atoms with Crippen LogP contribution in [0, 0.1) is 5.82 Å². The Labute approximate surface area is 146 Å². The number of hydrazone groups is 1. The van der Waals surface area contributed by atoms with E-state index < -0.39 is 0 Å². The van der Waals surface area contributed by atoms with Gasteiger partial charge in [0.25, 0.3) is 5.91 Å². The summed E-state index contributed by atoms with van der Waals surface area (Å²) in [5, 5.41) is 3.81. The highest BCUT2D eigenvalue weighted by atomic mass is 19.1. The first-order valence-corrected chi connectivity index (χ1v) is 8.30. The molecule has 0 atom stereocenters. The SMILES string of the molecule is O=C(NN=Cc1ccccc1F)c1ccc(C[NH+]2CCOCC2)cc1. The third kappa shape index (κ3) is 4.95. The number of hydrogen-bond donors (Lipinski definition) is 2. The zero-order chi connectivity index (χ0) is 17.5. The molecule has 1 heterocycles. The topological polar surface area (TPSA) is 55.1 Å². The minimum absolute atomic E-state index is 0.321. The van der Waals surface area contributed by atoms with Gasteiger partial charge in [0.1, 0.15) is 25.5 Å². The average molecular weight is 342 g/mol. The van der Waals surface area contributed by atoms with Crippen LogP contribution in [-0.2, 0) is 11.3 Å². The third-order valence-corrected chi connectivity index (χ3v) is 4.15. The second-order valence-corrected chi connectivity index (χ2v) is 5.96. The lowest BCUT2D eigenvalue weighted by Gasteiger charge is -2.23. The van der Waals surface area contributed by atoms with Crippen LogP contribution in [0.5, 0.6) is 0 Å². The van der Waals surface area contributed by atoms with Gasteiger partial charge in [-0.25, -0.2) is 9.82 Å². The van der Waals surface area contributed by atoms with Gasteiger partial charge in [-0.3, -0.25) is 4.79 Å². The minimum Gasteiger partial charge on any atom is -0.370 e. The van der Waals surface area contributed by atoms with Crippen molar-refractivity contribution < 1.29 is 18.8 Å². The van der Waals surface area contributed by atoms with Crippen molar-refractivity contribution in [2.45, 2.75) is 6.54 Å². The molecule has 1 aliphatic rings. The van der Waals surface area contributed by atoms with Gasteiger partial charge in [0.05, 0.1) is 19.4 Å². The summed E-state index contributed by atoms with van der Waals surface area (Å²) in [4.78, 5) is 13.6. The van der Waals surface area contributed by atoms with Gasteiger partial charge in [-0.15, -0.1) is 0 Å². The molecule has 3 rings (SSSR count). The zero-order valence-electron chi connectivity index (χ0n) is 13.9. The molecule has 6 heteroatoms. The number of nitrogens with zero attached hydrogens (tertiary/aromatic N) is 1. The van der Waals surface area contributed by atoms with Crippen molar-refractivity contribution in [1.29, 1.82) is 0 Å². The fourth-order valence-corrected chi connectivity index (χ4v) is 2.70. The normalized spacial score (nSPS) is 15.4. The van der Waals surface area contributed by atoms with E-state index in [-0.39, 0.29) is 11.7 Å². The van der Waals surface area contributed by atoms with Crippen LogP contribution < -0.4 is 10.3 Å². The lowest BCUT2D eigenvalue weighted by molar-refractivity contribution is -0.921. The Bertz CT molecular complexity index is 741. The number of halogens is 1. The Morgan fingerprint density at radius 2 is 1.88 bits per heavy atom. The van der Waals surface area contributed by atoms with Crippen molar-refractivity contribution in [1.82, 2.24) is 5.43 Å². The van der Waals surface area contributed by atoms with E-state index in [2.05, 4.69) is 10.5 Å². The summed E-state index contributed by atoms with van der Waals surface area (Å²) < 4.78 is 18.8. The predicted molar refractivity (Wildman–Crippen MR) is 93.1 cm³/mol. The molecule has 1 aliphatic heterocycles. The van der Waals surface area contributed by atoms with Crippen LogP contribution in [0.4, 0.5) is 4.39 Å². The molecule has 1 amide bonds. The van der Waals surface area contributed by atoms with Crippen molar-refractivity contribution in [2.24, 2.45) is 5.10 Å². The summed E-state index contributed by atoms with van der Waals surface area (Å²) in [6.45, 7) is 4.54. The van der Waals surface area contributed by atoms with Gasteiger partial charge >= 0.3 is 0 Å². The Kier molecular flexibility index (Phi) is 5.87. The van der Waals surface area contributed by atoms with Gasteiger partial charge in [0.2, 0.25) is 0 Å². The fraction of sp³-hybridized carbons (Fsp3) is 0.263. The maximum Gasteiger partial charge on any atom is 0.271 e. The minimum atomic E-state index is -0.379. The highest BCUT2D eigenvalue weighted by Crippen LogP contribution is 2.05. The Hall–Kier alpha value is -2.57. The van der Waals surface area contributed by atoms with Crippen molar-refractivity contribution >= 4 is 12.1 Å². The number of carbonyl (C=O) groups excluding carboxylic acids is 1. The molecule has 130 valence electrons. The van der Waals surface area contributed by atoms with E-state index in [0.717, 1.165) is 32.8 Å². The van der Waals surface area contributed by atoms with Crippen molar-refractivity contribution in [2.75, 3.05) is 26.3 Å². The van der Waals surface area contributed by atoms with E-state index in [1.807, 2.05) is 12.1 Å². The molecule has 1 saturated heterocycles. The first-order valence-electron chi connectivity index (χ1n) is 8.30. The molecule has 5 nitrogen and oxygen atoms in total. The first kappa shape index (κ1) is 17.3. The number of hydrogen-bond acceptors (Lipinski definition) is 3. The number of morpholine rings is 1. The Morgan fingerprint density at radius 1 is 1.16 bits per heavy atom. The van der Waals surface area contributed by atoms with Crippen LogP contribution in [0.2, 0.25) is 0 Å². The number of ether oxygens (including phenoxy) is 1. The van der Waals surface area contributed by atoms with Crippen LogP contribution in [0.1, 0.15) is 21.5 Å². The second kappa shape index (κ2) is 8.50. The van der Waals surface area contributed by atoms with Crippen LogP contribution in [0.25, 0.3) is 0 Å². The van der Waals surface area contributed by atoms with Crippen molar-refractivity contribution in [3.05, 3.63) is 71.0 Å². The van der Waals surface area contributed by atoms with Gasteiger partial charge in [-0.05, 0) is 18.2 Å². The standard InChI is InChI=1S/C19H20FN3O2/c20-18-4-2-1-3-17(18)13-21-22-19(24)16-7-5-15(6-8-16)14-23-9-11-25-12-10-23/h1-8,13H,9-12,14H2,(H,22,24)/p+1. The molecule has 0 spiro atoms. The van der Waals surface area contributed by atoms with Gasteiger partial charge in [0.15, 0.2) is 0 Å². The Morgan fingerprint density at radius 3 is 2.60 bits per heavy atom. The molecule has 0 saturated carbocycles. The van der Waals surface area contributed by atoms with E-state index >= 15 is 0 Å². The molecule has 0 aliphatic carbocycles. The van der Waals surface area contributed by atoms with Gasteiger partial charge in [-0.1, -0.05) is 30.3 Å². The summed E-state index contributed by atoms with van der Waals surface area (Å²) in [6, 6.07) is 13.7. The predicted octanol–water partition coefficient (Wildman–Crippen LogP) is 1.00. The molecule has 25 heavy (non-hydrogen) atoms. The molecule has 0 aromatic heterocycles. The van der Waals surface area contributed by atoms with E-state index in [4.69, 9.17) is 4.74 Å². The fourth-order valence-electron chi connectivity index (χ4n) is 2.70. The quantitative estimate of drug-likeness (QED) is 0.629. The number of rotatable bonds is 5.